The Morgan fingerprint density at radius 3 is 2.00 bits per heavy atom. The van der Waals surface area contributed by atoms with Gasteiger partial charge >= 0.3 is 5.97 Å². The predicted octanol–water partition coefficient (Wildman–Crippen LogP) is -0.298. The first-order valence-electron chi connectivity index (χ1n) is 2.77. The van der Waals surface area contributed by atoms with Crippen LogP contribution in [0.5, 0.6) is 0 Å². The summed E-state index contributed by atoms with van der Waals surface area (Å²) in [6.07, 6.45) is 0. The van der Waals surface area contributed by atoms with E-state index in [2.05, 4.69) is 0 Å². The van der Waals surface area contributed by atoms with Crippen LogP contribution >= 0.6 is 0 Å². The van der Waals surface area contributed by atoms with Gasteiger partial charge in [0, 0.05) is 0 Å². The number of hydrogen-bond donors (Lipinski definition) is 1. The van der Waals surface area contributed by atoms with Crippen LogP contribution in [0.4, 0.5) is 0 Å². The van der Waals surface area contributed by atoms with Crippen molar-refractivity contribution in [2.75, 3.05) is 6.61 Å². The lowest BCUT2D eigenvalue weighted by Gasteiger charge is -2.17. The van der Waals surface area contributed by atoms with Gasteiger partial charge in [0.15, 0.2) is 17.4 Å². The minimum Gasteiger partial charge on any atom is -0.480 e. The minimum absolute atomic E-state index is 0. The second-order valence-electron chi connectivity index (χ2n) is 2.79. The fourth-order valence-electron chi connectivity index (χ4n) is 0.278. The maximum absolute atomic E-state index is 9.92. The molecule has 0 radical (unpaired) electrons. The SMILES string of the molecule is CC(C)(C)OCC(=O)O.[AlH3]. The van der Waals surface area contributed by atoms with Crippen LogP contribution in [-0.4, -0.2) is 40.6 Å². The van der Waals surface area contributed by atoms with Crippen molar-refractivity contribution in [1.82, 2.24) is 0 Å². The Kier molecular flexibility index (Phi) is 5.97. The van der Waals surface area contributed by atoms with Gasteiger partial charge in [-0.3, -0.25) is 0 Å². The van der Waals surface area contributed by atoms with Gasteiger partial charge in [-0.25, -0.2) is 4.79 Å². The average Bonchev–Trinajstić information content (AvgIpc) is 1.59. The summed E-state index contributed by atoms with van der Waals surface area (Å²) in [5.74, 6) is -0.926. The molecule has 10 heavy (non-hydrogen) atoms. The van der Waals surface area contributed by atoms with Crippen LogP contribution in [0, 0.1) is 0 Å². The van der Waals surface area contributed by atoms with Gasteiger partial charge in [0.25, 0.3) is 0 Å². The maximum atomic E-state index is 9.92. The van der Waals surface area contributed by atoms with E-state index in [1.807, 2.05) is 20.8 Å². The number of carboxylic acid groups (broad SMARTS) is 1. The van der Waals surface area contributed by atoms with Crippen molar-refractivity contribution in [3.63, 3.8) is 0 Å². The van der Waals surface area contributed by atoms with E-state index < -0.39 is 5.97 Å². The molecule has 4 heteroatoms. The molecule has 0 amide bonds. The summed E-state index contributed by atoms with van der Waals surface area (Å²) in [5, 5.41) is 8.15. The van der Waals surface area contributed by atoms with Crippen LogP contribution in [0.25, 0.3) is 0 Å². The first-order chi connectivity index (χ1) is 3.92. The molecule has 0 spiro atoms. The molecule has 0 unspecified atom stereocenters. The number of ether oxygens (including phenoxy) is 1. The molecule has 0 rings (SSSR count). The molecule has 0 aromatic carbocycles. The maximum Gasteiger partial charge on any atom is 0.329 e. The van der Waals surface area contributed by atoms with E-state index in [-0.39, 0.29) is 29.6 Å². The fourth-order valence-corrected chi connectivity index (χ4v) is 0.278. The highest BCUT2D eigenvalue weighted by atomic mass is 27.0. The Labute approximate surface area is 71.5 Å². The molecule has 0 aromatic heterocycles. The van der Waals surface area contributed by atoms with Gasteiger partial charge in [0.1, 0.15) is 6.61 Å². The molecule has 0 aliphatic rings. The highest BCUT2D eigenvalue weighted by molar-refractivity contribution is 5.75. The van der Waals surface area contributed by atoms with Crippen LogP contribution in [0.2, 0.25) is 0 Å². The molecular formula is C6H15AlO3. The number of carbonyl (C=O) groups is 1. The lowest BCUT2D eigenvalue weighted by molar-refractivity contribution is -0.147. The van der Waals surface area contributed by atoms with E-state index in [9.17, 15) is 4.79 Å². The Bertz CT molecular complexity index is 106. The molecular weight excluding hydrogens is 147 g/mol. The average molecular weight is 162 g/mol. The smallest absolute Gasteiger partial charge is 0.329 e. The molecule has 0 atom stereocenters. The van der Waals surface area contributed by atoms with Gasteiger partial charge in [-0.05, 0) is 20.8 Å². The van der Waals surface area contributed by atoms with Crippen LogP contribution in [0.3, 0.4) is 0 Å². The van der Waals surface area contributed by atoms with Crippen LogP contribution < -0.4 is 0 Å². The van der Waals surface area contributed by atoms with E-state index >= 15 is 0 Å². The first kappa shape index (κ1) is 12.6. The van der Waals surface area contributed by atoms with Gasteiger partial charge < -0.3 is 9.84 Å². The largest absolute Gasteiger partial charge is 0.480 e. The monoisotopic (exact) mass is 162 g/mol. The lowest BCUT2D eigenvalue weighted by atomic mass is 10.2. The summed E-state index contributed by atoms with van der Waals surface area (Å²) in [6, 6.07) is 0. The van der Waals surface area contributed by atoms with E-state index in [0.717, 1.165) is 0 Å². The molecule has 1 N–H and O–H groups in total. The molecule has 60 valence electrons. The van der Waals surface area contributed by atoms with Crippen molar-refractivity contribution < 1.29 is 14.6 Å². The van der Waals surface area contributed by atoms with E-state index in [1.165, 1.54) is 0 Å². The molecule has 0 aliphatic heterocycles. The summed E-state index contributed by atoms with van der Waals surface area (Å²) in [7, 11) is 0. The summed E-state index contributed by atoms with van der Waals surface area (Å²) >= 11 is 0. The van der Waals surface area contributed by atoms with Crippen molar-refractivity contribution in [3.8, 4) is 0 Å². The molecule has 0 aromatic rings. The Morgan fingerprint density at radius 1 is 1.50 bits per heavy atom. The predicted molar refractivity (Wildman–Crippen MR) is 43.3 cm³/mol. The zero-order valence-corrected chi connectivity index (χ0v) is 5.97. The molecule has 0 heterocycles. The summed E-state index contributed by atoms with van der Waals surface area (Å²) < 4.78 is 4.89. The van der Waals surface area contributed by atoms with Crippen molar-refractivity contribution in [1.29, 1.82) is 0 Å². The molecule has 0 aliphatic carbocycles. The van der Waals surface area contributed by atoms with Crippen molar-refractivity contribution in [2.24, 2.45) is 0 Å². The number of carboxylic acids is 1. The van der Waals surface area contributed by atoms with Crippen molar-refractivity contribution >= 4 is 23.3 Å². The third-order valence-corrected chi connectivity index (χ3v) is 0.629. The summed E-state index contributed by atoms with van der Waals surface area (Å²) in [5.41, 5.74) is -0.349. The van der Waals surface area contributed by atoms with Gasteiger partial charge in [0.05, 0.1) is 5.60 Å². The lowest BCUT2D eigenvalue weighted by Crippen LogP contribution is -2.23. The van der Waals surface area contributed by atoms with Crippen LogP contribution in [-0.2, 0) is 9.53 Å². The van der Waals surface area contributed by atoms with Gasteiger partial charge in [-0.15, -0.1) is 0 Å². The second-order valence-corrected chi connectivity index (χ2v) is 2.79. The second kappa shape index (κ2) is 4.73. The van der Waals surface area contributed by atoms with E-state index in [1.54, 1.807) is 0 Å². The van der Waals surface area contributed by atoms with Gasteiger partial charge in [-0.1, -0.05) is 0 Å². The number of rotatable bonds is 2. The van der Waals surface area contributed by atoms with Gasteiger partial charge in [0.2, 0.25) is 0 Å². The standard InChI is InChI=1S/C6H12O3.Al.3H/c1-6(2,3)9-4-5(7)8;;;;/h4H2,1-3H3,(H,7,8);;;;. The highest BCUT2D eigenvalue weighted by Crippen LogP contribution is 2.05. The normalized spacial score (nSPS) is 10.3. The zero-order chi connectivity index (χ0) is 7.49. The Morgan fingerprint density at radius 2 is 1.90 bits per heavy atom. The van der Waals surface area contributed by atoms with E-state index in [4.69, 9.17) is 9.84 Å². The summed E-state index contributed by atoms with van der Waals surface area (Å²) in [6.45, 7) is 5.23. The number of hydrogen-bond acceptors (Lipinski definition) is 2. The van der Waals surface area contributed by atoms with Gasteiger partial charge in [-0.2, -0.15) is 0 Å². The fraction of sp³-hybridized carbons (Fsp3) is 0.833. The molecule has 0 fully saturated rings. The number of aliphatic carboxylic acids is 1. The summed E-state index contributed by atoms with van der Waals surface area (Å²) in [4.78, 5) is 9.92. The Balaban J connectivity index is 0. The minimum atomic E-state index is -0.926. The van der Waals surface area contributed by atoms with Crippen molar-refractivity contribution in [3.05, 3.63) is 0 Å². The highest BCUT2D eigenvalue weighted by Gasteiger charge is 2.11. The first-order valence-corrected chi connectivity index (χ1v) is 2.77. The quantitative estimate of drug-likeness (QED) is 0.567. The topological polar surface area (TPSA) is 46.5 Å². The third-order valence-electron chi connectivity index (χ3n) is 0.629. The van der Waals surface area contributed by atoms with Crippen LogP contribution in [0.15, 0.2) is 0 Å². The van der Waals surface area contributed by atoms with E-state index in [0.29, 0.717) is 0 Å². The molecule has 3 nitrogen and oxygen atoms in total. The zero-order valence-electron chi connectivity index (χ0n) is 5.97. The Hall–Kier alpha value is -0.0375. The molecule has 0 saturated carbocycles. The molecule has 0 bridgehead atoms. The van der Waals surface area contributed by atoms with Crippen molar-refractivity contribution in [2.45, 2.75) is 26.4 Å². The third kappa shape index (κ3) is 10.9. The van der Waals surface area contributed by atoms with Crippen LogP contribution in [0.1, 0.15) is 20.8 Å². The molecule has 0 saturated heterocycles.